The predicted molar refractivity (Wildman–Crippen MR) is 101 cm³/mol. The molecule has 30 heavy (non-hydrogen) atoms. The van der Waals surface area contributed by atoms with E-state index < -0.39 is 18.1 Å². The first-order valence-corrected chi connectivity index (χ1v) is 8.84. The summed E-state index contributed by atoms with van der Waals surface area (Å²) in [5.74, 6) is -2.03. The summed E-state index contributed by atoms with van der Waals surface area (Å²) in [7, 11) is 0. The van der Waals surface area contributed by atoms with Crippen LogP contribution in [0.4, 0.5) is 13.2 Å². The highest BCUT2D eigenvalue weighted by molar-refractivity contribution is 5.96. The minimum Gasteiger partial charge on any atom is -0.391 e. The van der Waals surface area contributed by atoms with E-state index in [0.717, 1.165) is 5.56 Å². The van der Waals surface area contributed by atoms with Crippen LogP contribution in [0.3, 0.4) is 0 Å². The molecule has 0 bridgehead atoms. The molecule has 10 heteroatoms. The SMILES string of the molecule is CC(/C=N/OCc1ccccc1)NC(=O)c1ccc(-c2noc(C(F)(F)F)n2)cc1. The lowest BCUT2D eigenvalue weighted by Gasteiger charge is -2.09. The highest BCUT2D eigenvalue weighted by Crippen LogP contribution is 2.29. The number of amides is 1. The van der Waals surface area contributed by atoms with E-state index in [1.807, 2.05) is 30.3 Å². The quantitative estimate of drug-likeness (QED) is 0.461. The van der Waals surface area contributed by atoms with Crippen LogP contribution in [0.5, 0.6) is 0 Å². The molecule has 0 saturated heterocycles. The molecule has 0 spiro atoms. The molecule has 156 valence electrons. The highest BCUT2D eigenvalue weighted by atomic mass is 19.4. The smallest absolute Gasteiger partial charge is 0.391 e. The largest absolute Gasteiger partial charge is 0.471 e. The van der Waals surface area contributed by atoms with Gasteiger partial charge in [-0.1, -0.05) is 52.8 Å². The van der Waals surface area contributed by atoms with Crippen LogP contribution in [0.15, 0.2) is 64.3 Å². The maximum Gasteiger partial charge on any atom is 0.471 e. The lowest BCUT2D eigenvalue weighted by Crippen LogP contribution is -2.33. The summed E-state index contributed by atoms with van der Waals surface area (Å²) < 4.78 is 41.8. The molecule has 1 N–H and O–H groups in total. The Hall–Kier alpha value is -3.69. The minimum absolute atomic E-state index is 0.217. The van der Waals surface area contributed by atoms with Gasteiger partial charge in [-0.3, -0.25) is 4.79 Å². The van der Waals surface area contributed by atoms with Gasteiger partial charge >= 0.3 is 12.1 Å². The van der Waals surface area contributed by atoms with Crippen LogP contribution in [-0.4, -0.2) is 28.3 Å². The Bertz CT molecular complexity index is 1000. The molecule has 3 rings (SSSR count). The molecule has 1 unspecified atom stereocenters. The summed E-state index contributed by atoms with van der Waals surface area (Å²) in [5.41, 5.74) is 1.56. The zero-order chi connectivity index (χ0) is 21.6. The van der Waals surface area contributed by atoms with E-state index in [1.54, 1.807) is 6.92 Å². The van der Waals surface area contributed by atoms with Gasteiger partial charge in [-0.25, -0.2) is 0 Å². The third kappa shape index (κ3) is 5.66. The second kappa shape index (κ2) is 9.21. The first-order valence-electron chi connectivity index (χ1n) is 8.84. The van der Waals surface area contributed by atoms with Crippen LogP contribution in [0.1, 0.15) is 28.7 Å². The van der Waals surface area contributed by atoms with Crippen molar-refractivity contribution in [3.8, 4) is 11.4 Å². The maximum atomic E-state index is 12.5. The molecule has 0 radical (unpaired) electrons. The number of hydrogen-bond donors (Lipinski definition) is 1. The fourth-order valence-electron chi connectivity index (χ4n) is 2.37. The number of hydrogen-bond acceptors (Lipinski definition) is 6. The van der Waals surface area contributed by atoms with Crippen molar-refractivity contribution in [3.05, 3.63) is 71.6 Å². The van der Waals surface area contributed by atoms with Gasteiger partial charge < -0.3 is 14.7 Å². The van der Waals surface area contributed by atoms with Crippen LogP contribution in [0, 0.1) is 0 Å². The molecule has 1 heterocycles. The second-order valence-corrected chi connectivity index (χ2v) is 6.27. The van der Waals surface area contributed by atoms with Gasteiger partial charge in [0.25, 0.3) is 5.91 Å². The van der Waals surface area contributed by atoms with Crippen LogP contribution >= 0.6 is 0 Å². The normalized spacial score (nSPS) is 12.7. The van der Waals surface area contributed by atoms with Crippen molar-refractivity contribution in [2.45, 2.75) is 25.7 Å². The number of halogens is 3. The molecular formula is C20H17F3N4O3. The fourth-order valence-corrected chi connectivity index (χ4v) is 2.37. The standard InChI is InChI=1S/C20H17F3N4O3/c1-13(11-24-29-12-14-5-3-2-4-6-14)25-18(28)16-9-7-15(8-10-16)17-26-19(30-27-17)20(21,22)23/h2-11,13H,12H2,1H3,(H,25,28)/b24-11+. The summed E-state index contributed by atoms with van der Waals surface area (Å²) in [4.78, 5) is 20.8. The molecular weight excluding hydrogens is 401 g/mol. The van der Waals surface area contributed by atoms with Gasteiger partial charge in [0, 0.05) is 11.1 Å². The zero-order valence-electron chi connectivity index (χ0n) is 15.8. The van der Waals surface area contributed by atoms with E-state index in [-0.39, 0.29) is 17.3 Å². The van der Waals surface area contributed by atoms with E-state index >= 15 is 0 Å². The Kier molecular flexibility index (Phi) is 6.45. The first-order chi connectivity index (χ1) is 14.3. The van der Waals surface area contributed by atoms with Gasteiger partial charge in [0.05, 0.1) is 12.3 Å². The van der Waals surface area contributed by atoms with Crippen molar-refractivity contribution < 1.29 is 27.3 Å². The molecule has 1 aromatic heterocycles. The average Bonchev–Trinajstić information content (AvgIpc) is 3.23. The number of carbonyl (C=O) groups is 1. The topological polar surface area (TPSA) is 89.6 Å². The van der Waals surface area contributed by atoms with Gasteiger partial charge in [0.15, 0.2) is 0 Å². The van der Waals surface area contributed by atoms with Crippen molar-refractivity contribution in [1.29, 1.82) is 0 Å². The van der Waals surface area contributed by atoms with Gasteiger partial charge in [-0.05, 0) is 24.6 Å². The number of alkyl halides is 3. The maximum absolute atomic E-state index is 12.5. The Morgan fingerprint density at radius 2 is 1.90 bits per heavy atom. The van der Waals surface area contributed by atoms with E-state index in [0.29, 0.717) is 12.2 Å². The predicted octanol–water partition coefficient (Wildman–Crippen LogP) is 4.08. The van der Waals surface area contributed by atoms with E-state index in [9.17, 15) is 18.0 Å². The minimum atomic E-state index is -4.71. The van der Waals surface area contributed by atoms with Crippen molar-refractivity contribution in [1.82, 2.24) is 15.5 Å². The Morgan fingerprint density at radius 1 is 1.20 bits per heavy atom. The van der Waals surface area contributed by atoms with Crippen LogP contribution < -0.4 is 5.32 Å². The van der Waals surface area contributed by atoms with Crippen molar-refractivity contribution in [3.63, 3.8) is 0 Å². The number of carbonyl (C=O) groups excluding carboxylic acids is 1. The lowest BCUT2D eigenvalue weighted by atomic mass is 10.1. The Balaban J connectivity index is 1.52. The number of aromatic nitrogens is 2. The third-order valence-electron chi connectivity index (χ3n) is 3.87. The first kappa shape index (κ1) is 21.0. The molecule has 3 aromatic rings. The Labute approximate surface area is 169 Å². The van der Waals surface area contributed by atoms with Gasteiger partial charge in [0.2, 0.25) is 5.82 Å². The molecule has 2 aromatic carbocycles. The summed E-state index contributed by atoms with van der Waals surface area (Å²) in [6.07, 6.45) is -3.26. The van der Waals surface area contributed by atoms with Crippen LogP contribution in [-0.2, 0) is 17.6 Å². The number of oxime groups is 1. The number of rotatable bonds is 7. The van der Waals surface area contributed by atoms with Crippen LogP contribution in [0.2, 0.25) is 0 Å². The van der Waals surface area contributed by atoms with Crippen molar-refractivity contribution in [2.24, 2.45) is 5.16 Å². The monoisotopic (exact) mass is 418 g/mol. The van der Waals surface area contributed by atoms with Crippen molar-refractivity contribution >= 4 is 12.1 Å². The molecule has 0 saturated carbocycles. The van der Waals surface area contributed by atoms with Gasteiger partial charge in [-0.2, -0.15) is 18.2 Å². The number of nitrogens with one attached hydrogen (secondary N) is 1. The molecule has 0 aliphatic heterocycles. The van der Waals surface area contributed by atoms with E-state index in [4.69, 9.17) is 4.84 Å². The molecule has 1 atom stereocenters. The molecule has 7 nitrogen and oxygen atoms in total. The molecule has 0 aliphatic rings. The van der Waals surface area contributed by atoms with E-state index in [2.05, 4.69) is 25.1 Å². The summed E-state index contributed by atoms with van der Waals surface area (Å²) in [6.45, 7) is 2.03. The Morgan fingerprint density at radius 3 is 2.53 bits per heavy atom. The molecule has 0 fully saturated rings. The van der Waals surface area contributed by atoms with Gasteiger partial charge in [-0.15, -0.1) is 0 Å². The van der Waals surface area contributed by atoms with Gasteiger partial charge in [0.1, 0.15) is 6.61 Å². The number of nitrogens with zero attached hydrogens (tertiary/aromatic N) is 3. The highest BCUT2D eigenvalue weighted by Gasteiger charge is 2.38. The average molecular weight is 418 g/mol. The summed E-state index contributed by atoms with van der Waals surface area (Å²) in [5, 5.41) is 9.84. The van der Waals surface area contributed by atoms with Crippen LogP contribution in [0.25, 0.3) is 11.4 Å². The number of benzene rings is 2. The fraction of sp³-hybridized carbons (Fsp3) is 0.200. The molecule has 0 aliphatic carbocycles. The zero-order valence-corrected chi connectivity index (χ0v) is 15.8. The summed E-state index contributed by atoms with van der Waals surface area (Å²) >= 11 is 0. The molecule has 1 amide bonds. The lowest BCUT2D eigenvalue weighted by molar-refractivity contribution is -0.159. The van der Waals surface area contributed by atoms with Crippen molar-refractivity contribution in [2.75, 3.05) is 0 Å². The van der Waals surface area contributed by atoms with E-state index in [1.165, 1.54) is 30.5 Å². The third-order valence-corrected chi connectivity index (χ3v) is 3.87. The summed E-state index contributed by atoms with van der Waals surface area (Å²) in [6, 6.07) is 14.9. The second-order valence-electron chi connectivity index (χ2n) is 6.27.